The van der Waals surface area contributed by atoms with E-state index in [2.05, 4.69) is 20.8 Å². The first kappa shape index (κ1) is 19.0. The Hall–Kier alpha value is -1.06. The van der Waals surface area contributed by atoms with Crippen LogP contribution in [0.4, 0.5) is 0 Å². The molecule has 4 heteroatoms. The van der Waals surface area contributed by atoms with Crippen molar-refractivity contribution in [3.8, 4) is 0 Å². The summed E-state index contributed by atoms with van der Waals surface area (Å²) in [6.07, 6.45) is 4.42. The molecule has 0 aromatic rings. The predicted octanol–water partition coefficient (Wildman–Crippen LogP) is 4.11. The first-order chi connectivity index (χ1) is 9.94. The van der Waals surface area contributed by atoms with Crippen molar-refractivity contribution in [1.82, 2.24) is 0 Å². The summed E-state index contributed by atoms with van der Waals surface area (Å²) in [7, 11) is 0. The van der Waals surface area contributed by atoms with Crippen molar-refractivity contribution >= 4 is 11.9 Å². The molecule has 0 saturated heterocycles. The number of hydrogen-bond acceptors (Lipinski definition) is 4. The third-order valence-electron chi connectivity index (χ3n) is 4.91. The summed E-state index contributed by atoms with van der Waals surface area (Å²) in [4.78, 5) is 23.5. The van der Waals surface area contributed by atoms with E-state index in [0.29, 0.717) is 11.3 Å². The van der Waals surface area contributed by atoms with E-state index in [0.717, 1.165) is 12.8 Å². The molecule has 1 rings (SSSR count). The number of esters is 2. The smallest absolute Gasteiger partial charge is 0.418 e. The predicted molar refractivity (Wildman–Crippen MR) is 86.3 cm³/mol. The Kier molecular flexibility index (Phi) is 6.05. The fraction of sp³-hybridized carbons (Fsp3) is 0.889. The van der Waals surface area contributed by atoms with Gasteiger partial charge in [0.2, 0.25) is 0 Å². The molecule has 1 aliphatic carbocycles. The first-order valence-electron chi connectivity index (χ1n) is 8.38. The first-order valence-corrected chi connectivity index (χ1v) is 8.38. The third kappa shape index (κ3) is 5.29. The summed E-state index contributed by atoms with van der Waals surface area (Å²) in [5.41, 5.74) is -0.334. The molecule has 0 N–H and O–H groups in total. The average molecular weight is 312 g/mol. The van der Waals surface area contributed by atoms with Crippen LogP contribution in [0.2, 0.25) is 0 Å². The summed E-state index contributed by atoms with van der Waals surface area (Å²) in [6, 6.07) is 0. The van der Waals surface area contributed by atoms with Crippen LogP contribution in [0.15, 0.2) is 0 Å². The van der Waals surface area contributed by atoms with Gasteiger partial charge in [-0.25, -0.2) is 9.59 Å². The minimum atomic E-state index is -0.903. The minimum Gasteiger partial charge on any atom is -0.455 e. The van der Waals surface area contributed by atoms with Crippen LogP contribution < -0.4 is 0 Å². The van der Waals surface area contributed by atoms with Crippen molar-refractivity contribution in [1.29, 1.82) is 0 Å². The van der Waals surface area contributed by atoms with Crippen LogP contribution in [0, 0.1) is 17.3 Å². The topological polar surface area (TPSA) is 52.6 Å². The molecule has 0 aromatic heterocycles. The molecule has 0 amide bonds. The molecule has 1 saturated carbocycles. The largest absolute Gasteiger partial charge is 0.455 e. The van der Waals surface area contributed by atoms with Crippen LogP contribution in [-0.4, -0.2) is 23.6 Å². The fourth-order valence-corrected chi connectivity index (χ4v) is 3.39. The Morgan fingerprint density at radius 2 is 1.73 bits per heavy atom. The van der Waals surface area contributed by atoms with Crippen LogP contribution in [0.1, 0.15) is 74.1 Å². The van der Waals surface area contributed by atoms with E-state index in [9.17, 15) is 9.59 Å². The number of carbonyl (C=O) groups excluding carboxylic acids is 2. The summed E-state index contributed by atoms with van der Waals surface area (Å²) in [5, 5.41) is 0. The highest BCUT2D eigenvalue weighted by Crippen LogP contribution is 2.44. The van der Waals surface area contributed by atoms with E-state index in [1.807, 2.05) is 13.8 Å². The van der Waals surface area contributed by atoms with Crippen molar-refractivity contribution in [3.63, 3.8) is 0 Å². The lowest BCUT2D eigenvalue weighted by Crippen LogP contribution is -2.43. The number of hydrogen-bond donors (Lipinski definition) is 0. The van der Waals surface area contributed by atoms with Crippen molar-refractivity contribution < 1.29 is 19.1 Å². The SMILES string of the molecule is CC(C)OC(=O)C(=O)OC(C)(C)C(C)C1CCCC(C)(C)C1. The summed E-state index contributed by atoms with van der Waals surface area (Å²) < 4.78 is 10.4. The Labute approximate surface area is 134 Å². The van der Waals surface area contributed by atoms with Gasteiger partial charge < -0.3 is 9.47 Å². The molecule has 4 nitrogen and oxygen atoms in total. The Morgan fingerprint density at radius 1 is 1.14 bits per heavy atom. The molecular weight excluding hydrogens is 280 g/mol. The molecule has 22 heavy (non-hydrogen) atoms. The van der Waals surface area contributed by atoms with Crippen LogP contribution >= 0.6 is 0 Å². The van der Waals surface area contributed by atoms with Gasteiger partial charge in [-0.1, -0.05) is 33.6 Å². The summed E-state index contributed by atoms with van der Waals surface area (Å²) in [6.45, 7) is 13.9. The fourth-order valence-electron chi connectivity index (χ4n) is 3.39. The highest BCUT2D eigenvalue weighted by molar-refractivity contribution is 6.29. The lowest BCUT2D eigenvalue weighted by molar-refractivity contribution is -0.182. The van der Waals surface area contributed by atoms with Crippen LogP contribution in [0.5, 0.6) is 0 Å². The maximum Gasteiger partial charge on any atom is 0.418 e. The van der Waals surface area contributed by atoms with Gasteiger partial charge in [0.25, 0.3) is 0 Å². The molecule has 2 atom stereocenters. The molecule has 128 valence electrons. The molecule has 0 radical (unpaired) electrons. The monoisotopic (exact) mass is 312 g/mol. The van der Waals surface area contributed by atoms with E-state index in [4.69, 9.17) is 9.47 Å². The number of carbonyl (C=O) groups is 2. The van der Waals surface area contributed by atoms with Gasteiger partial charge >= 0.3 is 11.9 Å². The summed E-state index contributed by atoms with van der Waals surface area (Å²) in [5.74, 6) is -1.09. The molecular formula is C18H32O4. The maximum absolute atomic E-state index is 11.9. The van der Waals surface area contributed by atoms with E-state index in [1.54, 1.807) is 13.8 Å². The van der Waals surface area contributed by atoms with Crippen molar-refractivity contribution in [3.05, 3.63) is 0 Å². The molecule has 0 heterocycles. The normalized spacial score (nSPS) is 23.0. The van der Waals surface area contributed by atoms with Crippen LogP contribution in [-0.2, 0) is 19.1 Å². The Balaban J connectivity index is 2.68. The molecule has 1 fully saturated rings. The van der Waals surface area contributed by atoms with E-state index in [-0.39, 0.29) is 12.0 Å². The minimum absolute atomic E-state index is 0.197. The van der Waals surface area contributed by atoms with Gasteiger partial charge in [-0.2, -0.15) is 0 Å². The molecule has 2 unspecified atom stereocenters. The second kappa shape index (κ2) is 7.01. The van der Waals surface area contributed by atoms with Gasteiger partial charge in [0.05, 0.1) is 6.10 Å². The lowest BCUT2D eigenvalue weighted by atomic mass is 9.66. The van der Waals surface area contributed by atoms with E-state index in [1.165, 1.54) is 12.8 Å². The zero-order chi connectivity index (χ0) is 17.1. The van der Waals surface area contributed by atoms with Crippen LogP contribution in [0.3, 0.4) is 0 Å². The van der Waals surface area contributed by atoms with E-state index < -0.39 is 17.5 Å². The van der Waals surface area contributed by atoms with E-state index >= 15 is 0 Å². The highest BCUT2D eigenvalue weighted by Gasteiger charge is 2.40. The second-order valence-electron chi connectivity index (χ2n) is 8.26. The third-order valence-corrected chi connectivity index (χ3v) is 4.91. The van der Waals surface area contributed by atoms with Gasteiger partial charge in [-0.05, 0) is 57.8 Å². The van der Waals surface area contributed by atoms with Gasteiger partial charge in [-0.15, -0.1) is 0 Å². The van der Waals surface area contributed by atoms with Crippen molar-refractivity contribution in [2.24, 2.45) is 17.3 Å². The maximum atomic E-state index is 11.9. The Morgan fingerprint density at radius 3 is 2.23 bits per heavy atom. The second-order valence-corrected chi connectivity index (χ2v) is 8.26. The average Bonchev–Trinajstić information content (AvgIpc) is 2.35. The quantitative estimate of drug-likeness (QED) is 0.579. The van der Waals surface area contributed by atoms with Gasteiger partial charge in [0.1, 0.15) is 5.60 Å². The highest BCUT2D eigenvalue weighted by atomic mass is 16.6. The number of ether oxygens (including phenoxy) is 2. The molecule has 1 aliphatic rings. The zero-order valence-electron chi connectivity index (χ0n) is 15.2. The Bertz CT molecular complexity index is 409. The standard InChI is InChI=1S/C18H32O4/c1-12(2)21-15(19)16(20)22-18(6,7)13(3)14-9-8-10-17(4,5)11-14/h12-14H,8-11H2,1-7H3. The van der Waals surface area contributed by atoms with Gasteiger partial charge in [0, 0.05) is 0 Å². The van der Waals surface area contributed by atoms with Gasteiger partial charge in [-0.3, -0.25) is 0 Å². The van der Waals surface area contributed by atoms with Crippen molar-refractivity contribution in [2.45, 2.75) is 85.9 Å². The molecule has 0 aliphatic heterocycles. The van der Waals surface area contributed by atoms with Gasteiger partial charge in [0.15, 0.2) is 0 Å². The molecule has 0 aromatic carbocycles. The number of rotatable bonds is 4. The summed E-state index contributed by atoms with van der Waals surface area (Å²) >= 11 is 0. The van der Waals surface area contributed by atoms with Crippen LogP contribution in [0.25, 0.3) is 0 Å². The molecule has 0 bridgehead atoms. The molecule has 0 spiro atoms. The lowest BCUT2D eigenvalue weighted by Gasteiger charge is -2.43. The zero-order valence-corrected chi connectivity index (χ0v) is 15.2. The van der Waals surface area contributed by atoms with Crippen molar-refractivity contribution in [2.75, 3.05) is 0 Å².